The Balaban J connectivity index is 4.45. The Kier molecular flexibility index (Phi) is 39.3. The quantitative estimate of drug-likeness (QED) is 0.0159. The summed E-state index contributed by atoms with van der Waals surface area (Å²) in [6.45, 7) is 3.87. The molecule has 1 N–H and O–H groups in total. The second kappa shape index (κ2) is 41.2. The highest BCUT2D eigenvalue weighted by Crippen LogP contribution is 2.38. The van der Waals surface area contributed by atoms with Gasteiger partial charge in [-0.15, -0.1) is 0 Å². The van der Waals surface area contributed by atoms with E-state index in [-0.39, 0.29) is 26.1 Å². The van der Waals surface area contributed by atoms with Crippen molar-refractivity contribution in [3.63, 3.8) is 0 Å². The minimum Gasteiger partial charge on any atom is -0.756 e. The Morgan fingerprint density at radius 1 is 0.623 bits per heavy atom. The Hall–Kier alpha value is -2.85. The van der Waals surface area contributed by atoms with Crippen LogP contribution in [0.25, 0.3) is 0 Å². The third-order valence-corrected chi connectivity index (χ3v) is 10.4. The van der Waals surface area contributed by atoms with Crippen LogP contribution in [0.3, 0.4) is 0 Å². The van der Waals surface area contributed by atoms with E-state index in [4.69, 9.17) is 18.5 Å². The van der Waals surface area contributed by atoms with Gasteiger partial charge in [0.25, 0.3) is 7.82 Å². The molecule has 0 rings (SSSR count). The molecule has 11 heteroatoms. The lowest BCUT2D eigenvalue weighted by Gasteiger charge is -2.28. The fourth-order valence-electron chi connectivity index (χ4n) is 5.80. The zero-order chi connectivity index (χ0) is 45.1. The van der Waals surface area contributed by atoms with E-state index in [0.717, 1.165) is 51.4 Å². The van der Waals surface area contributed by atoms with Crippen molar-refractivity contribution in [2.75, 3.05) is 47.5 Å². The van der Waals surface area contributed by atoms with Gasteiger partial charge >= 0.3 is 11.9 Å². The van der Waals surface area contributed by atoms with Gasteiger partial charge in [0.05, 0.1) is 33.9 Å². The molecule has 0 spiro atoms. The standard InChI is InChI=1S/C50H86NO9P/c1-6-8-10-11-12-13-14-15-16-17-18-19-20-21-25-28-31-34-37-41-49(53)57-45-48(46-59-61(55,56)58-44-43-51(3,4)5)60-50(54)42-38-35-32-29-26-23-22-24-27-30-33-36-40-47(52)39-9-7-2/h9,12-13,15-16,22-23,27,29-30,32-33,36,39,47-48,52H,6-8,10-11,14,17-21,24-26,28,31,34-35,37-38,40-46H2,1-5H3/b13-12-,16-15-,23-22-,30-27-,32-29-,36-33+,39-9-/t47?,48-/m1/s1. The SMILES string of the molecule is CC/C=C\C(O)C/C=C/C=C\C/C=C\C/C=C\CCCC(=O)O[C@H](COC(=O)CCCCCCCCCCC/C=C\C/C=C\CCCCC)COP(=O)([O-])OCC[N+](C)(C)C. The first-order chi connectivity index (χ1) is 29.4. The molecular formula is C50H86NO9P. The number of allylic oxidation sites excluding steroid dienone is 12. The van der Waals surface area contributed by atoms with Crippen molar-refractivity contribution >= 4 is 19.8 Å². The van der Waals surface area contributed by atoms with E-state index in [9.17, 15) is 24.2 Å². The first kappa shape index (κ1) is 58.1. The Labute approximate surface area is 372 Å². The smallest absolute Gasteiger partial charge is 0.306 e. The monoisotopic (exact) mass is 876 g/mol. The maximum absolute atomic E-state index is 12.7. The number of aliphatic hydroxyl groups excluding tert-OH is 1. The number of phosphoric ester groups is 1. The number of carbonyl (C=O) groups excluding carboxylic acids is 2. The Morgan fingerprint density at radius 3 is 1.75 bits per heavy atom. The number of aliphatic hydroxyl groups is 1. The summed E-state index contributed by atoms with van der Waals surface area (Å²) < 4.78 is 33.8. The molecule has 0 aliphatic carbocycles. The topological polar surface area (TPSA) is 131 Å². The van der Waals surface area contributed by atoms with E-state index in [1.165, 1.54) is 57.8 Å². The molecule has 0 amide bonds. The van der Waals surface area contributed by atoms with Gasteiger partial charge in [0.1, 0.15) is 19.8 Å². The number of rotatable bonds is 41. The van der Waals surface area contributed by atoms with Crippen molar-refractivity contribution in [3.8, 4) is 0 Å². The van der Waals surface area contributed by atoms with Crippen LogP contribution in [0.15, 0.2) is 85.1 Å². The maximum atomic E-state index is 12.7. The highest BCUT2D eigenvalue weighted by Gasteiger charge is 2.21. The van der Waals surface area contributed by atoms with Gasteiger partial charge < -0.3 is 33.0 Å². The fraction of sp³-hybridized carbons (Fsp3) is 0.680. The van der Waals surface area contributed by atoms with Gasteiger partial charge in [0.15, 0.2) is 6.10 Å². The van der Waals surface area contributed by atoms with E-state index in [1.807, 2.05) is 76.7 Å². The van der Waals surface area contributed by atoms with Crippen molar-refractivity contribution in [1.29, 1.82) is 0 Å². The minimum absolute atomic E-state index is 0.0542. The second-order valence-electron chi connectivity index (χ2n) is 16.6. The summed E-state index contributed by atoms with van der Waals surface area (Å²) in [6.07, 6.45) is 49.6. The van der Waals surface area contributed by atoms with Crippen molar-refractivity contribution in [2.45, 2.75) is 174 Å². The zero-order valence-corrected chi connectivity index (χ0v) is 39.8. The highest BCUT2D eigenvalue weighted by atomic mass is 31.2. The largest absolute Gasteiger partial charge is 0.756 e. The van der Waals surface area contributed by atoms with Gasteiger partial charge in [-0.3, -0.25) is 14.2 Å². The first-order valence-corrected chi connectivity index (χ1v) is 24.9. The van der Waals surface area contributed by atoms with Crippen LogP contribution in [0.4, 0.5) is 0 Å². The second-order valence-corrected chi connectivity index (χ2v) is 18.0. The average Bonchev–Trinajstić information content (AvgIpc) is 3.21. The summed E-state index contributed by atoms with van der Waals surface area (Å²) in [5, 5.41) is 9.78. The lowest BCUT2D eigenvalue weighted by Crippen LogP contribution is -2.37. The van der Waals surface area contributed by atoms with Crippen LogP contribution in [-0.4, -0.2) is 81.2 Å². The van der Waals surface area contributed by atoms with Gasteiger partial charge in [-0.05, 0) is 77.0 Å². The number of nitrogens with zero attached hydrogens (tertiary/aromatic N) is 1. The fourth-order valence-corrected chi connectivity index (χ4v) is 6.53. The van der Waals surface area contributed by atoms with Crippen molar-refractivity contribution in [1.82, 2.24) is 0 Å². The van der Waals surface area contributed by atoms with Crippen molar-refractivity contribution in [3.05, 3.63) is 85.1 Å². The number of carbonyl (C=O) groups is 2. The van der Waals surface area contributed by atoms with Gasteiger partial charge in [0, 0.05) is 12.8 Å². The summed E-state index contributed by atoms with van der Waals surface area (Å²) in [7, 11) is 1.09. The van der Waals surface area contributed by atoms with Crippen molar-refractivity contribution in [2.24, 2.45) is 0 Å². The molecule has 0 saturated carbocycles. The number of phosphoric acid groups is 1. The molecule has 350 valence electrons. The molecule has 0 aliphatic rings. The van der Waals surface area contributed by atoms with Gasteiger partial charge in [-0.1, -0.05) is 157 Å². The molecule has 61 heavy (non-hydrogen) atoms. The predicted octanol–water partition coefficient (Wildman–Crippen LogP) is 11.9. The summed E-state index contributed by atoms with van der Waals surface area (Å²) in [6, 6.07) is 0. The molecule has 2 unspecified atom stereocenters. The highest BCUT2D eigenvalue weighted by molar-refractivity contribution is 7.45. The summed E-state index contributed by atoms with van der Waals surface area (Å²) in [5.41, 5.74) is 0. The third-order valence-electron chi connectivity index (χ3n) is 9.47. The third kappa shape index (κ3) is 45.0. The van der Waals surface area contributed by atoms with E-state index in [1.54, 1.807) is 0 Å². The number of quaternary nitrogens is 1. The summed E-state index contributed by atoms with van der Waals surface area (Å²) in [4.78, 5) is 37.6. The lowest BCUT2D eigenvalue weighted by atomic mass is 10.1. The molecule has 0 heterocycles. The molecule has 0 fully saturated rings. The molecule has 0 bridgehead atoms. The van der Waals surface area contributed by atoms with E-state index in [2.05, 4.69) is 43.4 Å². The molecular weight excluding hydrogens is 790 g/mol. The van der Waals surface area contributed by atoms with E-state index >= 15 is 0 Å². The first-order valence-electron chi connectivity index (χ1n) is 23.4. The molecule has 0 radical (unpaired) electrons. The van der Waals surface area contributed by atoms with E-state index < -0.39 is 38.6 Å². The number of unbranched alkanes of at least 4 members (excludes halogenated alkanes) is 13. The van der Waals surface area contributed by atoms with Crippen LogP contribution < -0.4 is 4.89 Å². The minimum atomic E-state index is -4.66. The van der Waals surface area contributed by atoms with E-state index in [0.29, 0.717) is 36.7 Å². The van der Waals surface area contributed by atoms with Crippen LogP contribution >= 0.6 is 7.82 Å². The molecule has 0 aromatic carbocycles. The van der Waals surface area contributed by atoms with Crippen LogP contribution in [0.2, 0.25) is 0 Å². The lowest BCUT2D eigenvalue weighted by molar-refractivity contribution is -0.870. The molecule has 10 nitrogen and oxygen atoms in total. The number of esters is 2. The van der Waals surface area contributed by atoms with Crippen LogP contribution in [0.5, 0.6) is 0 Å². The number of hydrogen-bond acceptors (Lipinski definition) is 9. The summed E-state index contributed by atoms with van der Waals surface area (Å²) >= 11 is 0. The van der Waals surface area contributed by atoms with Gasteiger partial charge in [-0.2, -0.15) is 0 Å². The van der Waals surface area contributed by atoms with Crippen LogP contribution in [0, 0.1) is 0 Å². The average molecular weight is 876 g/mol. The number of likely N-dealkylation sites (N-methyl/N-ethyl adjacent to an activating group) is 1. The molecule has 0 aromatic rings. The van der Waals surface area contributed by atoms with Gasteiger partial charge in [-0.25, -0.2) is 0 Å². The molecule has 0 aromatic heterocycles. The zero-order valence-electron chi connectivity index (χ0n) is 38.9. The maximum Gasteiger partial charge on any atom is 0.306 e. The molecule has 0 saturated heterocycles. The summed E-state index contributed by atoms with van der Waals surface area (Å²) in [5.74, 6) is -0.938. The number of hydrogen-bond donors (Lipinski definition) is 1. The predicted molar refractivity (Wildman–Crippen MR) is 251 cm³/mol. The van der Waals surface area contributed by atoms with Crippen molar-refractivity contribution < 1.29 is 47.2 Å². The van der Waals surface area contributed by atoms with Crippen LogP contribution in [0.1, 0.15) is 162 Å². The molecule has 0 aliphatic heterocycles. The number of ether oxygens (including phenoxy) is 2. The normalized spacial score (nSPS) is 14.8. The Bertz CT molecular complexity index is 1330. The molecule has 3 atom stereocenters. The Morgan fingerprint density at radius 2 is 1.15 bits per heavy atom. The van der Waals surface area contributed by atoms with Crippen LogP contribution in [-0.2, 0) is 32.7 Å². The van der Waals surface area contributed by atoms with Gasteiger partial charge in [0.2, 0.25) is 0 Å².